The molecule has 0 aliphatic carbocycles. The van der Waals surface area contributed by atoms with Crippen LogP contribution < -0.4 is 10.5 Å². The average Bonchev–Trinajstić information content (AvgIpc) is 2.95. The Morgan fingerprint density at radius 1 is 1.33 bits per heavy atom. The quantitative estimate of drug-likeness (QED) is 0.815. The van der Waals surface area contributed by atoms with E-state index < -0.39 is 0 Å². The Morgan fingerprint density at radius 3 is 2.67 bits per heavy atom. The molecule has 0 bridgehead atoms. The summed E-state index contributed by atoms with van der Waals surface area (Å²) in [5, 5.41) is 0.663. The zero-order chi connectivity index (χ0) is 15.2. The summed E-state index contributed by atoms with van der Waals surface area (Å²) in [5.41, 5.74) is 5.25. The van der Waals surface area contributed by atoms with Crippen LogP contribution in [0, 0.1) is 5.92 Å². The normalized spacial score (nSPS) is 17.8. The number of nitrogens with zero attached hydrogens (tertiary/aromatic N) is 1. The Morgan fingerprint density at radius 2 is 2.05 bits per heavy atom. The van der Waals surface area contributed by atoms with Crippen molar-refractivity contribution >= 4 is 23.4 Å². The standard InChI is InChI=1S/C15H19ClN2O3/c16-12-3-5-13(6-4-12)21-9-1-2-14(19)18-8-7-11(10-18)15(17)20/h3-6,11H,1-2,7-10H2,(H2,17,20)/t11-/m0/s1. The summed E-state index contributed by atoms with van der Waals surface area (Å²) in [6.45, 7) is 1.54. The van der Waals surface area contributed by atoms with Gasteiger partial charge in [0.1, 0.15) is 5.75 Å². The number of carbonyl (C=O) groups excluding carboxylic acids is 2. The molecule has 5 nitrogen and oxygen atoms in total. The number of likely N-dealkylation sites (tertiary alicyclic amines) is 1. The highest BCUT2D eigenvalue weighted by Crippen LogP contribution is 2.18. The molecule has 1 aliphatic heterocycles. The molecule has 6 heteroatoms. The minimum absolute atomic E-state index is 0.0541. The van der Waals surface area contributed by atoms with Crippen molar-refractivity contribution < 1.29 is 14.3 Å². The SMILES string of the molecule is NC(=O)[C@H]1CCN(C(=O)CCCOc2ccc(Cl)cc2)C1. The molecule has 2 N–H and O–H groups in total. The molecule has 2 rings (SSSR count). The van der Waals surface area contributed by atoms with Crippen LogP contribution in [0.4, 0.5) is 0 Å². The third-order valence-electron chi connectivity index (χ3n) is 3.56. The van der Waals surface area contributed by atoms with Gasteiger partial charge in [-0.25, -0.2) is 0 Å². The Balaban J connectivity index is 1.66. The van der Waals surface area contributed by atoms with Crippen molar-refractivity contribution in [2.24, 2.45) is 11.7 Å². The molecule has 0 unspecified atom stereocenters. The van der Waals surface area contributed by atoms with Gasteiger partial charge in [0, 0.05) is 24.5 Å². The van der Waals surface area contributed by atoms with Gasteiger partial charge in [-0.05, 0) is 37.1 Å². The highest BCUT2D eigenvalue weighted by atomic mass is 35.5. The number of hydrogen-bond acceptors (Lipinski definition) is 3. The van der Waals surface area contributed by atoms with Crippen LogP contribution in [0.2, 0.25) is 5.02 Å². The fraction of sp³-hybridized carbons (Fsp3) is 0.467. The van der Waals surface area contributed by atoms with E-state index in [-0.39, 0.29) is 17.7 Å². The lowest BCUT2D eigenvalue weighted by Gasteiger charge is -2.15. The van der Waals surface area contributed by atoms with E-state index in [1.807, 2.05) is 0 Å². The van der Waals surface area contributed by atoms with Gasteiger partial charge >= 0.3 is 0 Å². The molecule has 0 spiro atoms. The van der Waals surface area contributed by atoms with Crippen molar-refractivity contribution in [1.29, 1.82) is 0 Å². The molecular formula is C15H19ClN2O3. The summed E-state index contributed by atoms with van der Waals surface area (Å²) in [7, 11) is 0. The van der Waals surface area contributed by atoms with Crippen LogP contribution in [0.1, 0.15) is 19.3 Å². The predicted molar refractivity (Wildman–Crippen MR) is 80.1 cm³/mol. The van der Waals surface area contributed by atoms with Crippen molar-refractivity contribution in [3.63, 3.8) is 0 Å². The fourth-order valence-electron chi connectivity index (χ4n) is 2.32. The van der Waals surface area contributed by atoms with E-state index in [0.717, 1.165) is 5.75 Å². The van der Waals surface area contributed by atoms with E-state index >= 15 is 0 Å². The van der Waals surface area contributed by atoms with E-state index in [0.29, 0.717) is 44.0 Å². The number of nitrogens with two attached hydrogens (primary N) is 1. The first kappa shape index (κ1) is 15.6. The number of carbonyl (C=O) groups is 2. The number of halogens is 1. The lowest BCUT2D eigenvalue weighted by Crippen LogP contribution is -2.31. The van der Waals surface area contributed by atoms with Gasteiger partial charge < -0.3 is 15.4 Å². The van der Waals surface area contributed by atoms with Crippen molar-refractivity contribution in [3.8, 4) is 5.75 Å². The van der Waals surface area contributed by atoms with Gasteiger partial charge in [0.05, 0.1) is 12.5 Å². The average molecular weight is 311 g/mol. The minimum atomic E-state index is -0.323. The Bertz CT molecular complexity index is 504. The van der Waals surface area contributed by atoms with Gasteiger partial charge in [0.15, 0.2) is 0 Å². The molecule has 1 aliphatic rings. The molecule has 1 heterocycles. The summed E-state index contributed by atoms with van der Waals surface area (Å²) in [5.74, 6) is 0.274. The third kappa shape index (κ3) is 4.63. The lowest BCUT2D eigenvalue weighted by molar-refractivity contribution is -0.130. The Labute approximate surface area is 129 Å². The summed E-state index contributed by atoms with van der Waals surface area (Å²) < 4.78 is 5.53. The van der Waals surface area contributed by atoms with E-state index in [1.165, 1.54) is 0 Å². The number of benzene rings is 1. The van der Waals surface area contributed by atoms with Gasteiger partial charge in [-0.1, -0.05) is 11.6 Å². The zero-order valence-corrected chi connectivity index (χ0v) is 12.5. The van der Waals surface area contributed by atoms with Crippen LogP contribution in [0.15, 0.2) is 24.3 Å². The molecule has 2 amide bonds. The largest absolute Gasteiger partial charge is 0.494 e. The van der Waals surface area contributed by atoms with Gasteiger partial charge in [-0.3, -0.25) is 9.59 Å². The van der Waals surface area contributed by atoms with Gasteiger partial charge in [0.2, 0.25) is 11.8 Å². The second kappa shape index (κ2) is 7.31. The van der Waals surface area contributed by atoms with E-state index in [1.54, 1.807) is 29.2 Å². The zero-order valence-electron chi connectivity index (χ0n) is 11.8. The first-order valence-corrected chi connectivity index (χ1v) is 7.39. The highest BCUT2D eigenvalue weighted by molar-refractivity contribution is 6.30. The smallest absolute Gasteiger partial charge is 0.222 e. The predicted octanol–water partition coefficient (Wildman–Crippen LogP) is 1.83. The lowest BCUT2D eigenvalue weighted by atomic mass is 10.1. The molecule has 1 saturated heterocycles. The summed E-state index contributed by atoms with van der Waals surface area (Å²) in [6, 6.07) is 7.11. The van der Waals surface area contributed by atoms with Crippen LogP contribution in [0.5, 0.6) is 5.75 Å². The maximum Gasteiger partial charge on any atom is 0.222 e. The minimum Gasteiger partial charge on any atom is -0.494 e. The maximum atomic E-state index is 12.0. The molecule has 1 atom stereocenters. The van der Waals surface area contributed by atoms with Crippen molar-refractivity contribution in [2.45, 2.75) is 19.3 Å². The Kier molecular flexibility index (Phi) is 5.44. The van der Waals surface area contributed by atoms with Crippen LogP contribution in [-0.4, -0.2) is 36.4 Å². The first-order chi connectivity index (χ1) is 10.1. The van der Waals surface area contributed by atoms with Crippen LogP contribution >= 0.6 is 11.6 Å². The number of hydrogen-bond donors (Lipinski definition) is 1. The van der Waals surface area contributed by atoms with Crippen LogP contribution in [0.25, 0.3) is 0 Å². The van der Waals surface area contributed by atoms with Crippen molar-refractivity contribution in [3.05, 3.63) is 29.3 Å². The highest BCUT2D eigenvalue weighted by Gasteiger charge is 2.29. The second-order valence-electron chi connectivity index (χ2n) is 5.13. The maximum absolute atomic E-state index is 12.0. The van der Waals surface area contributed by atoms with Crippen LogP contribution in [0.3, 0.4) is 0 Å². The molecular weight excluding hydrogens is 292 g/mol. The number of ether oxygens (including phenoxy) is 1. The van der Waals surface area contributed by atoms with Gasteiger partial charge in [0.25, 0.3) is 0 Å². The van der Waals surface area contributed by atoms with E-state index in [9.17, 15) is 9.59 Å². The van der Waals surface area contributed by atoms with E-state index in [4.69, 9.17) is 22.1 Å². The van der Waals surface area contributed by atoms with Gasteiger partial charge in [-0.2, -0.15) is 0 Å². The van der Waals surface area contributed by atoms with Gasteiger partial charge in [-0.15, -0.1) is 0 Å². The third-order valence-corrected chi connectivity index (χ3v) is 3.81. The van der Waals surface area contributed by atoms with Crippen molar-refractivity contribution in [2.75, 3.05) is 19.7 Å². The summed E-state index contributed by atoms with van der Waals surface area (Å²) in [6.07, 6.45) is 1.72. The topological polar surface area (TPSA) is 72.6 Å². The fourth-order valence-corrected chi connectivity index (χ4v) is 2.45. The molecule has 0 radical (unpaired) electrons. The molecule has 114 valence electrons. The monoisotopic (exact) mass is 310 g/mol. The number of amides is 2. The Hall–Kier alpha value is -1.75. The molecule has 21 heavy (non-hydrogen) atoms. The summed E-state index contributed by atoms with van der Waals surface area (Å²) >= 11 is 5.78. The molecule has 1 aromatic rings. The first-order valence-electron chi connectivity index (χ1n) is 7.01. The summed E-state index contributed by atoms with van der Waals surface area (Å²) in [4.78, 5) is 24.7. The molecule has 1 fully saturated rings. The van der Waals surface area contributed by atoms with Crippen molar-refractivity contribution in [1.82, 2.24) is 4.90 Å². The molecule has 0 aromatic heterocycles. The number of rotatable bonds is 6. The number of primary amides is 1. The molecule has 1 aromatic carbocycles. The molecule has 0 saturated carbocycles. The van der Waals surface area contributed by atoms with Crippen LogP contribution in [-0.2, 0) is 9.59 Å². The van der Waals surface area contributed by atoms with E-state index in [2.05, 4.69) is 0 Å². The second-order valence-corrected chi connectivity index (χ2v) is 5.57.